The van der Waals surface area contributed by atoms with Crippen molar-refractivity contribution in [2.45, 2.75) is 38.1 Å². The number of hydrogen-bond acceptors (Lipinski definition) is 10. The van der Waals surface area contributed by atoms with Gasteiger partial charge in [0.1, 0.15) is 17.9 Å². The molecule has 11 heteroatoms. The largest absolute Gasteiger partial charge is 0.506 e. The zero-order valence-electron chi connectivity index (χ0n) is 14.8. The number of esters is 1. The fourth-order valence-electron chi connectivity index (χ4n) is 2.44. The predicted molar refractivity (Wildman–Crippen MR) is 91.6 cm³/mol. The van der Waals surface area contributed by atoms with Crippen molar-refractivity contribution in [1.82, 2.24) is 9.55 Å². The highest BCUT2D eigenvalue weighted by atomic mass is 16.6. The summed E-state index contributed by atoms with van der Waals surface area (Å²) in [5.74, 6) is -2.08. The van der Waals surface area contributed by atoms with Crippen molar-refractivity contribution in [2.24, 2.45) is 11.7 Å². The summed E-state index contributed by atoms with van der Waals surface area (Å²) in [5.41, 5.74) is 7.88. The molecule has 0 aromatic carbocycles. The van der Waals surface area contributed by atoms with Crippen molar-refractivity contribution in [1.29, 1.82) is 5.26 Å². The Morgan fingerprint density at radius 2 is 2.30 bits per heavy atom. The molecule has 1 aromatic heterocycles. The zero-order valence-corrected chi connectivity index (χ0v) is 14.8. The number of rotatable bonds is 6. The van der Waals surface area contributed by atoms with Gasteiger partial charge in [0, 0.05) is 6.20 Å². The van der Waals surface area contributed by atoms with Gasteiger partial charge in [-0.1, -0.05) is 20.3 Å². The second-order valence-corrected chi connectivity index (χ2v) is 6.15. The topological polar surface area (TPSA) is 187 Å². The van der Waals surface area contributed by atoms with Gasteiger partial charge in [-0.3, -0.25) is 4.79 Å². The van der Waals surface area contributed by atoms with Gasteiger partial charge in [-0.2, -0.15) is 10.2 Å². The number of nitrogen functional groups attached to an aromatic ring is 1. The molecule has 6 N–H and O–H groups in total. The van der Waals surface area contributed by atoms with E-state index in [1.807, 2.05) is 6.92 Å². The third-order valence-electron chi connectivity index (χ3n) is 4.41. The van der Waals surface area contributed by atoms with Crippen molar-refractivity contribution in [2.75, 3.05) is 12.3 Å². The molecule has 2 heterocycles. The summed E-state index contributed by atoms with van der Waals surface area (Å²) < 4.78 is 11.0. The highest BCUT2D eigenvalue weighted by Crippen LogP contribution is 2.36. The first-order chi connectivity index (χ1) is 12.7. The lowest BCUT2D eigenvalue weighted by Gasteiger charge is -2.26. The second kappa shape index (κ2) is 7.65. The lowest BCUT2D eigenvalue weighted by atomic mass is 10.0. The Hall–Kier alpha value is -3.10. The Morgan fingerprint density at radius 3 is 2.85 bits per heavy atom. The first kappa shape index (κ1) is 20.2. The highest BCUT2D eigenvalue weighted by Gasteiger charge is 2.53. The molecule has 0 saturated heterocycles. The molecule has 0 saturated carbocycles. The zero-order chi connectivity index (χ0) is 20.4. The molecule has 1 aliphatic heterocycles. The van der Waals surface area contributed by atoms with Gasteiger partial charge >= 0.3 is 17.4 Å². The van der Waals surface area contributed by atoms with Gasteiger partial charge < -0.3 is 31.2 Å². The maximum atomic E-state index is 12.0. The minimum absolute atomic E-state index is 0.0952. The minimum atomic E-state index is -2.32. The van der Waals surface area contributed by atoms with Crippen LogP contribution in [0.4, 0.5) is 5.82 Å². The highest BCUT2D eigenvalue weighted by molar-refractivity contribution is 5.75. The molecule has 1 aliphatic rings. The van der Waals surface area contributed by atoms with Crippen LogP contribution < -0.4 is 17.2 Å². The van der Waals surface area contributed by atoms with Crippen LogP contribution in [-0.4, -0.2) is 44.5 Å². The molecule has 2 unspecified atom stereocenters. The average molecular weight is 379 g/mol. The Bertz CT molecular complexity index is 860. The molecule has 0 fully saturated rings. The van der Waals surface area contributed by atoms with Crippen LogP contribution in [0.1, 0.15) is 20.3 Å². The summed E-state index contributed by atoms with van der Waals surface area (Å²) in [6, 6.07) is 1.98. The summed E-state index contributed by atoms with van der Waals surface area (Å²) in [5, 5.41) is 29.9. The Kier molecular flexibility index (Phi) is 5.72. The van der Waals surface area contributed by atoms with Gasteiger partial charge in [0.05, 0.1) is 0 Å². The second-order valence-electron chi connectivity index (χ2n) is 6.15. The summed E-state index contributed by atoms with van der Waals surface area (Å²) in [4.78, 5) is 27.5. The van der Waals surface area contributed by atoms with E-state index in [0.717, 1.165) is 6.20 Å². The Labute approximate surface area is 154 Å². The van der Waals surface area contributed by atoms with Crippen molar-refractivity contribution >= 4 is 11.8 Å². The van der Waals surface area contributed by atoms with Gasteiger partial charge in [-0.15, -0.1) is 0 Å². The molecule has 27 heavy (non-hydrogen) atoms. The van der Waals surface area contributed by atoms with E-state index < -0.39 is 41.9 Å². The number of anilines is 1. The molecule has 1 aromatic rings. The summed E-state index contributed by atoms with van der Waals surface area (Å²) in [6.45, 7) is 3.06. The van der Waals surface area contributed by atoms with Crippen molar-refractivity contribution in [3.8, 4) is 6.07 Å². The van der Waals surface area contributed by atoms with Crippen LogP contribution >= 0.6 is 0 Å². The molecule has 0 amide bonds. The van der Waals surface area contributed by atoms with Crippen LogP contribution in [0.2, 0.25) is 0 Å². The monoisotopic (exact) mass is 379 g/mol. The van der Waals surface area contributed by atoms with Gasteiger partial charge in [-0.25, -0.2) is 9.36 Å². The number of carbonyl (C=O) groups is 1. The number of nitrogens with two attached hydrogens (primary N) is 2. The van der Waals surface area contributed by atoms with E-state index in [2.05, 4.69) is 4.98 Å². The van der Waals surface area contributed by atoms with E-state index in [9.17, 15) is 25.1 Å². The number of ether oxygens (including phenoxy) is 2. The number of carbonyl (C=O) groups excluding carboxylic acids is 1. The third kappa shape index (κ3) is 3.57. The number of aromatic nitrogens is 2. The smallest absolute Gasteiger partial charge is 0.353 e. The van der Waals surface area contributed by atoms with E-state index >= 15 is 0 Å². The number of nitrogens with zero attached hydrogens (tertiary/aromatic N) is 3. The van der Waals surface area contributed by atoms with Crippen LogP contribution in [0.5, 0.6) is 0 Å². The van der Waals surface area contributed by atoms with E-state index in [4.69, 9.17) is 20.9 Å². The van der Waals surface area contributed by atoms with Crippen molar-refractivity contribution in [3.63, 3.8) is 0 Å². The maximum absolute atomic E-state index is 12.0. The maximum Gasteiger partial charge on any atom is 0.353 e. The molecular formula is C16H21N5O6. The molecule has 0 aliphatic carbocycles. The molecular weight excluding hydrogens is 358 g/mol. The molecule has 0 spiro atoms. The normalized spacial score (nSPS) is 24.0. The summed E-state index contributed by atoms with van der Waals surface area (Å²) in [6.07, 6.45) is -0.162. The van der Waals surface area contributed by atoms with E-state index in [1.54, 1.807) is 13.0 Å². The molecule has 4 atom stereocenters. The van der Waals surface area contributed by atoms with Gasteiger partial charge in [0.15, 0.2) is 24.2 Å². The lowest BCUT2D eigenvalue weighted by molar-refractivity contribution is -0.147. The first-order valence-corrected chi connectivity index (χ1v) is 8.16. The van der Waals surface area contributed by atoms with Crippen LogP contribution in [0.25, 0.3) is 0 Å². The summed E-state index contributed by atoms with van der Waals surface area (Å²) >= 11 is 0. The molecule has 0 bridgehead atoms. The molecule has 146 valence electrons. The fourth-order valence-corrected chi connectivity index (χ4v) is 2.44. The number of aliphatic hydroxyl groups excluding tert-OH is 2. The predicted octanol–water partition coefficient (Wildman–Crippen LogP) is -0.921. The van der Waals surface area contributed by atoms with Gasteiger partial charge in [0.25, 0.3) is 0 Å². The van der Waals surface area contributed by atoms with E-state index in [0.29, 0.717) is 11.0 Å². The SMILES string of the molecule is CCC(C)[C@@H](N)C(=O)OCC1=C(O)C(O)[C@](C#N)(n2ccc(N)nc2=O)O1. The van der Waals surface area contributed by atoms with Crippen LogP contribution in [0, 0.1) is 17.2 Å². The number of aliphatic hydroxyl groups is 2. The molecule has 11 nitrogen and oxygen atoms in total. The quantitative estimate of drug-likeness (QED) is 0.450. The summed E-state index contributed by atoms with van der Waals surface area (Å²) in [7, 11) is 0. The average Bonchev–Trinajstić information content (AvgIpc) is 2.90. The van der Waals surface area contributed by atoms with Crippen molar-refractivity contribution in [3.05, 3.63) is 34.3 Å². The van der Waals surface area contributed by atoms with Crippen LogP contribution in [0.15, 0.2) is 28.6 Å². The van der Waals surface area contributed by atoms with Gasteiger partial charge in [0.2, 0.25) is 0 Å². The number of nitriles is 1. The molecule has 2 rings (SSSR count). The number of hydrogen-bond donors (Lipinski definition) is 4. The third-order valence-corrected chi connectivity index (χ3v) is 4.41. The Balaban J connectivity index is 2.23. The van der Waals surface area contributed by atoms with Gasteiger partial charge in [-0.05, 0) is 12.0 Å². The van der Waals surface area contributed by atoms with E-state index in [-0.39, 0.29) is 17.5 Å². The van der Waals surface area contributed by atoms with Crippen LogP contribution in [0.3, 0.4) is 0 Å². The standard InChI is InChI=1S/C16H21N5O6/c1-3-8(2)11(19)14(24)26-6-9-12(22)13(23)16(7-17,27-9)21-5-4-10(18)20-15(21)25/h4-5,8,11,13,22-23H,3,6,19H2,1-2H3,(H2,18,20,25)/t8?,11-,13?,16-/m1/s1. The molecule has 0 radical (unpaired) electrons. The van der Waals surface area contributed by atoms with E-state index in [1.165, 1.54) is 6.07 Å². The fraction of sp³-hybridized carbons (Fsp3) is 0.500. The van der Waals surface area contributed by atoms with Crippen LogP contribution in [-0.2, 0) is 20.0 Å². The lowest BCUT2D eigenvalue weighted by Crippen LogP contribution is -2.48. The first-order valence-electron chi connectivity index (χ1n) is 8.16. The van der Waals surface area contributed by atoms with Crippen molar-refractivity contribution < 1.29 is 24.5 Å². The minimum Gasteiger partial charge on any atom is -0.506 e. The Morgan fingerprint density at radius 1 is 1.63 bits per heavy atom.